The number of hydrogen-bond acceptors (Lipinski definition) is 3. The lowest BCUT2D eigenvalue weighted by Gasteiger charge is -2.21. The monoisotopic (exact) mass is 213 g/mol. The van der Waals surface area contributed by atoms with E-state index in [9.17, 15) is 4.79 Å². The Kier molecular flexibility index (Phi) is 5.69. The average Bonchev–Trinajstić information content (AvgIpc) is 2.25. The van der Waals surface area contributed by atoms with Gasteiger partial charge >= 0.3 is 5.97 Å². The van der Waals surface area contributed by atoms with Crippen LogP contribution < -0.4 is 5.32 Å². The third-order valence-corrected chi connectivity index (χ3v) is 2.80. The van der Waals surface area contributed by atoms with Crippen molar-refractivity contribution >= 4 is 5.97 Å². The molecule has 1 heterocycles. The molecule has 3 heteroatoms. The highest BCUT2D eigenvalue weighted by atomic mass is 16.5. The third kappa shape index (κ3) is 5.17. The molecule has 0 spiro atoms. The van der Waals surface area contributed by atoms with Gasteiger partial charge in [0, 0.05) is 6.54 Å². The first kappa shape index (κ1) is 12.5. The lowest BCUT2D eigenvalue weighted by atomic mass is 10.0. The van der Waals surface area contributed by atoms with Crippen LogP contribution in [-0.4, -0.2) is 25.7 Å². The molecule has 1 saturated heterocycles. The second-order valence-electron chi connectivity index (χ2n) is 4.75. The fourth-order valence-electron chi connectivity index (χ4n) is 1.84. The van der Waals surface area contributed by atoms with Crippen molar-refractivity contribution < 1.29 is 9.53 Å². The summed E-state index contributed by atoms with van der Waals surface area (Å²) in [7, 11) is 0. The molecule has 0 aromatic rings. The molecule has 0 aromatic carbocycles. The Balaban J connectivity index is 2.07. The van der Waals surface area contributed by atoms with Crippen molar-refractivity contribution in [3.63, 3.8) is 0 Å². The van der Waals surface area contributed by atoms with Crippen LogP contribution in [0.2, 0.25) is 0 Å². The predicted octanol–water partition coefficient (Wildman–Crippen LogP) is 1.97. The highest BCUT2D eigenvalue weighted by molar-refractivity contribution is 5.72. The van der Waals surface area contributed by atoms with Gasteiger partial charge in [0.15, 0.2) is 0 Å². The minimum atomic E-state index is -0.00837. The topological polar surface area (TPSA) is 38.3 Å². The lowest BCUT2D eigenvalue weighted by molar-refractivity contribution is -0.149. The normalized spacial score (nSPS) is 21.7. The highest BCUT2D eigenvalue weighted by Gasteiger charge is 2.21. The Morgan fingerprint density at radius 2 is 2.33 bits per heavy atom. The average molecular weight is 213 g/mol. The summed E-state index contributed by atoms with van der Waals surface area (Å²) in [5.41, 5.74) is 0. The zero-order chi connectivity index (χ0) is 11.1. The van der Waals surface area contributed by atoms with E-state index in [2.05, 4.69) is 19.2 Å². The van der Waals surface area contributed by atoms with Gasteiger partial charge in [-0.2, -0.15) is 0 Å². The smallest absolute Gasteiger partial charge is 0.310 e. The molecule has 0 unspecified atom stereocenters. The fraction of sp³-hybridized carbons (Fsp3) is 0.917. The zero-order valence-corrected chi connectivity index (χ0v) is 9.92. The van der Waals surface area contributed by atoms with Gasteiger partial charge in [0.25, 0.3) is 0 Å². The van der Waals surface area contributed by atoms with Crippen molar-refractivity contribution in [2.45, 2.75) is 39.5 Å². The standard InChI is InChI=1S/C12H23NO2/c1-10(2)5-4-8-15-12(14)11-6-3-7-13-9-11/h10-11,13H,3-9H2,1-2H3/t11-/m0/s1. The Hall–Kier alpha value is -0.570. The second-order valence-corrected chi connectivity index (χ2v) is 4.75. The summed E-state index contributed by atoms with van der Waals surface area (Å²) in [6, 6.07) is 0. The molecule has 1 fully saturated rings. The number of ether oxygens (including phenoxy) is 1. The second kappa shape index (κ2) is 6.83. The molecule has 1 atom stereocenters. The number of nitrogens with one attached hydrogen (secondary N) is 1. The van der Waals surface area contributed by atoms with Crippen LogP contribution >= 0.6 is 0 Å². The SMILES string of the molecule is CC(C)CCCOC(=O)[C@H]1CCCNC1. The van der Waals surface area contributed by atoms with Crippen molar-refractivity contribution in [2.75, 3.05) is 19.7 Å². The van der Waals surface area contributed by atoms with Crippen molar-refractivity contribution in [3.05, 3.63) is 0 Å². The number of rotatable bonds is 5. The molecule has 1 aliphatic heterocycles. The van der Waals surface area contributed by atoms with Crippen LogP contribution in [0.5, 0.6) is 0 Å². The summed E-state index contributed by atoms with van der Waals surface area (Å²) in [4.78, 5) is 11.6. The molecule has 0 aromatic heterocycles. The van der Waals surface area contributed by atoms with Crippen molar-refractivity contribution in [3.8, 4) is 0 Å². The first-order chi connectivity index (χ1) is 7.20. The van der Waals surface area contributed by atoms with Gasteiger partial charge in [-0.05, 0) is 38.1 Å². The highest BCUT2D eigenvalue weighted by Crippen LogP contribution is 2.12. The van der Waals surface area contributed by atoms with Gasteiger partial charge in [0.2, 0.25) is 0 Å². The number of esters is 1. The Morgan fingerprint density at radius 1 is 1.53 bits per heavy atom. The van der Waals surface area contributed by atoms with Crippen LogP contribution in [0.1, 0.15) is 39.5 Å². The minimum absolute atomic E-state index is 0.00837. The molecule has 1 N–H and O–H groups in total. The Bertz CT molecular complexity index is 186. The van der Waals surface area contributed by atoms with E-state index >= 15 is 0 Å². The molecular weight excluding hydrogens is 190 g/mol. The first-order valence-electron chi connectivity index (χ1n) is 6.07. The predicted molar refractivity (Wildman–Crippen MR) is 60.6 cm³/mol. The molecule has 0 saturated carbocycles. The van der Waals surface area contributed by atoms with Gasteiger partial charge in [-0.3, -0.25) is 4.79 Å². The first-order valence-corrected chi connectivity index (χ1v) is 6.07. The minimum Gasteiger partial charge on any atom is -0.465 e. The van der Waals surface area contributed by atoms with Gasteiger partial charge in [-0.25, -0.2) is 0 Å². The van der Waals surface area contributed by atoms with Crippen LogP contribution in [0.15, 0.2) is 0 Å². The van der Waals surface area contributed by atoms with Crippen LogP contribution in [0, 0.1) is 11.8 Å². The van der Waals surface area contributed by atoms with E-state index in [4.69, 9.17) is 4.74 Å². The van der Waals surface area contributed by atoms with E-state index in [1.165, 1.54) is 0 Å². The summed E-state index contributed by atoms with van der Waals surface area (Å²) >= 11 is 0. The van der Waals surface area contributed by atoms with Crippen LogP contribution in [0.3, 0.4) is 0 Å². The quantitative estimate of drug-likeness (QED) is 0.560. The maximum absolute atomic E-state index is 11.6. The fourth-order valence-corrected chi connectivity index (χ4v) is 1.84. The van der Waals surface area contributed by atoms with Crippen molar-refractivity contribution in [2.24, 2.45) is 11.8 Å². The zero-order valence-electron chi connectivity index (χ0n) is 9.92. The summed E-state index contributed by atoms with van der Waals surface area (Å²) < 4.78 is 5.25. The third-order valence-electron chi connectivity index (χ3n) is 2.80. The van der Waals surface area contributed by atoms with Crippen molar-refractivity contribution in [1.82, 2.24) is 5.32 Å². The van der Waals surface area contributed by atoms with E-state index in [1.54, 1.807) is 0 Å². The van der Waals surface area contributed by atoms with Crippen LogP contribution in [0.25, 0.3) is 0 Å². The maximum Gasteiger partial charge on any atom is 0.310 e. The van der Waals surface area contributed by atoms with E-state index in [0.717, 1.165) is 38.8 Å². The van der Waals surface area contributed by atoms with Crippen LogP contribution in [-0.2, 0) is 9.53 Å². The molecule has 0 radical (unpaired) electrons. The van der Waals surface area contributed by atoms with Gasteiger partial charge in [-0.15, -0.1) is 0 Å². The largest absolute Gasteiger partial charge is 0.465 e. The van der Waals surface area contributed by atoms with E-state index < -0.39 is 0 Å². The van der Waals surface area contributed by atoms with Gasteiger partial charge in [-0.1, -0.05) is 13.8 Å². The van der Waals surface area contributed by atoms with E-state index in [0.29, 0.717) is 12.5 Å². The van der Waals surface area contributed by atoms with Crippen molar-refractivity contribution in [1.29, 1.82) is 0 Å². The molecule has 15 heavy (non-hydrogen) atoms. The van der Waals surface area contributed by atoms with Gasteiger partial charge in [0.1, 0.15) is 0 Å². The van der Waals surface area contributed by atoms with Gasteiger partial charge < -0.3 is 10.1 Å². The maximum atomic E-state index is 11.6. The Morgan fingerprint density at radius 3 is 2.93 bits per heavy atom. The number of hydrogen-bond donors (Lipinski definition) is 1. The number of carbonyl (C=O) groups is 1. The molecule has 1 rings (SSSR count). The Labute approximate surface area is 92.6 Å². The number of piperidine rings is 1. The molecule has 0 amide bonds. The summed E-state index contributed by atoms with van der Waals surface area (Å²) in [6.45, 7) is 6.80. The summed E-state index contributed by atoms with van der Waals surface area (Å²) in [5, 5.41) is 3.22. The van der Waals surface area contributed by atoms with Gasteiger partial charge in [0.05, 0.1) is 12.5 Å². The molecule has 1 aliphatic rings. The van der Waals surface area contributed by atoms with E-state index in [-0.39, 0.29) is 11.9 Å². The summed E-state index contributed by atoms with van der Waals surface area (Å²) in [5.74, 6) is 0.781. The molecule has 0 bridgehead atoms. The lowest BCUT2D eigenvalue weighted by Crippen LogP contribution is -2.35. The summed E-state index contributed by atoms with van der Waals surface area (Å²) in [6.07, 6.45) is 4.20. The van der Waals surface area contributed by atoms with Crippen LogP contribution in [0.4, 0.5) is 0 Å². The molecule has 0 aliphatic carbocycles. The molecule has 3 nitrogen and oxygen atoms in total. The molecular formula is C12H23NO2. The van der Waals surface area contributed by atoms with E-state index in [1.807, 2.05) is 0 Å². The number of carbonyl (C=O) groups excluding carboxylic acids is 1. The molecule has 88 valence electrons.